The van der Waals surface area contributed by atoms with Gasteiger partial charge in [0.15, 0.2) is 0 Å². The van der Waals surface area contributed by atoms with Gasteiger partial charge in [-0.2, -0.15) is 0 Å². The quantitative estimate of drug-likeness (QED) is 0.872. The smallest absolute Gasteiger partial charge is 0.246 e. The molecule has 1 N–H and O–H groups in total. The van der Waals surface area contributed by atoms with E-state index in [-0.39, 0.29) is 18.6 Å². The SMILES string of the molecule is O=C(C=Cc1ccc(Cl)cc1Cl)N1CCC[C@H]1CO. The molecule has 0 aliphatic carbocycles. The van der Waals surface area contributed by atoms with Crippen molar-refractivity contribution in [1.82, 2.24) is 4.90 Å². The summed E-state index contributed by atoms with van der Waals surface area (Å²) in [5, 5.41) is 10.3. The maximum Gasteiger partial charge on any atom is 0.246 e. The molecule has 1 aliphatic heterocycles. The van der Waals surface area contributed by atoms with E-state index in [1.54, 1.807) is 29.2 Å². The summed E-state index contributed by atoms with van der Waals surface area (Å²) < 4.78 is 0. The number of aliphatic hydroxyl groups is 1. The van der Waals surface area contributed by atoms with Gasteiger partial charge in [-0.05, 0) is 36.6 Å². The molecule has 1 amide bonds. The third kappa shape index (κ3) is 3.50. The van der Waals surface area contributed by atoms with E-state index in [9.17, 15) is 9.90 Å². The van der Waals surface area contributed by atoms with E-state index in [0.29, 0.717) is 16.6 Å². The van der Waals surface area contributed by atoms with Crippen molar-refractivity contribution in [3.8, 4) is 0 Å². The number of nitrogens with zero attached hydrogens (tertiary/aromatic N) is 1. The van der Waals surface area contributed by atoms with E-state index in [1.165, 1.54) is 6.08 Å². The number of halogens is 2. The summed E-state index contributed by atoms with van der Waals surface area (Å²) in [4.78, 5) is 13.7. The summed E-state index contributed by atoms with van der Waals surface area (Å²) in [6, 6.07) is 5.07. The molecule has 1 aliphatic rings. The van der Waals surface area contributed by atoms with Crippen LogP contribution >= 0.6 is 23.2 Å². The molecule has 1 fully saturated rings. The fraction of sp³-hybridized carbons (Fsp3) is 0.357. The minimum atomic E-state index is -0.0948. The van der Waals surface area contributed by atoms with Gasteiger partial charge in [0.05, 0.1) is 12.6 Å². The Labute approximate surface area is 122 Å². The van der Waals surface area contributed by atoms with E-state index in [0.717, 1.165) is 18.4 Å². The monoisotopic (exact) mass is 299 g/mol. The lowest BCUT2D eigenvalue weighted by molar-refractivity contribution is -0.127. The Morgan fingerprint density at radius 3 is 2.95 bits per heavy atom. The number of benzene rings is 1. The Balaban J connectivity index is 2.07. The van der Waals surface area contributed by atoms with Gasteiger partial charge in [-0.15, -0.1) is 0 Å². The molecule has 102 valence electrons. The van der Waals surface area contributed by atoms with Crippen LogP contribution in [-0.4, -0.2) is 35.1 Å². The molecular formula is C14H15Cl2NO2. The fourth-order valence-corrected chi connectivity index (χ4v) is 2.68. The topological polar surface area (TPSA) is 40.5 Å². The van der Waals surface area contributed by atoms with Crippen molar-refractivity contribution in [3.05, 3.63) is 39.9 Å². The molecule has 0 spiro atoms. The highest BCUT2D eigenvalue weighted by Gasteiger charge is 2.26. The summed E-state index contributed by atoms with van der Waals surface area (Å²) in [7, 11) is 0. The highest BCUT2D eigenvalue weighted by molar-refractivity contribution is 6.35. The van der Waals surface area contributed by atoms with E-state index in [2.05, 4.69) is 0 Å². The van der Waals surface area contributed by atoms with Gasteiger partial charge in [0, 0.05) is 22.7 Å². The molecule has 0 aromatic heterocycles. The molecule has 1 aromatic rings. The lowest BCUT2D eigenvalue weighted by Crippen LogP contribution is -2.36. The zero-order valence-corrected chi connectivity index (χ0v) is 11.9. The van der Waals surface area contributed by atoms with Gasteiger partial charge in [0.2, 0.25) is 5.91 Å². The second-order valence-corrected chi connectivity index (χ2v) is 5.35. The normalized spacial score (nSPS) is 19.3. The maximum absolute atomic E-state index is 12.0. The molecule has 5 heteroatoms. The lowest BCUT2D eigenvalue weighted by Gasteiger charge is -2.21. The third-order valence-corrected chi connectivity index (χ3v) is 3.80. The molecule has 0 radical (unpaired) electrons. The Hall–Kier alpha value is -1.03. The van der Waals surface area contributed by atoms with Gasteiger partial charge >= 0.3 is 0 Å². The second kappa shape index (κ2) is 6.42. The molecule has 1 saturated heterocycles. The summed E-state index contributed by atoms with van der Waals surface area (Å²) in [6.07, 6.45) is 4.96. The Kier molecular flexibility index (Phi) is 4.86. The molecule has 1 atom stereocenters. The van der Waals surface area contributed by atoms with Gasteiger partial charge in [0.1, 0.15) is 0 Å². The summed E-state index contributed by atoms with van der Waals surface area (Å²) in [6.45, 7) is 0.712. The number of aliphatic hydroxyl groups excluding tert-OH is 1. The van der Waals surface area contributed by atoms with E-state index in [1.807, 2.05) is 0 Å². The van der Waals surface area contributed by atoms with Crippen LogP contribution < -0.4 is 0 Å². The van der Waals surface area contributed by atoms with Gasteiger partial charge in [0.25, 0.3) is 0 Å². The van der Waals surface area contributed by atoms with Gasteiger partial charge in [-0.1, -0.05) is 29.3 Å². The van der Waals surface area contributed by atoms with Crippen molar-refractivity contribution in [1.29, 1.82) is 0 Å². The number of carbonyl (C=O) groups is 1. The van der Waals surface area contributed by atoms with Crippen molar-refractivity contribution in [2.75, 3.05) is 13.2 Å². The zero-order valence-electron chi connectivity index (χ0n) is 10.4. The van der Waals surface area contributed by atoms with Crippen LogP contribution in [-0.2, 0) is 4.79 Å². The number of hydrogen-bond donors (Lipinski definition) is 1. The first-order valence-corrected chi connectivity index (χ1v) is 6.92. The zero-order chi connectivity index (χ0) is 13.8. The minimum Gasteiger partial charge on any atom is -0.394 e. The number of carbonyl (C=O) groups excluding carboxylic acids is 1. The van der Waals surface area contributed by atoms with E-state index < -0.39 is 0 Å². The number of amides is 1. The number of rotatable bonds is 3. The molecule has 0 bridgehead atoms. The van der Waals surface area contributed by atoms with Gasteiger partial charge < -0.3 is 10.0 Å². The van der Waals surface area contributed by atoms with Crippen LogP contribution in [0.5, 0.6) is 0 Å². The third-order valence-electron chi connectivity index (χ3n) is 3.24. The molecule has 0 saturated carbocycles. The lowest BCUT2D eigenvalue weighted by atomic mass is 10.2. The maximum atomic E-state index is 12.0. The largest absolute Gasteiger partial charge is 0.394 e. The van der Waals surface area contributed by atoms with E-state index >= 15 is 0 Å². The summed E-state index contributed by atoms with van der Waals surface area (Å²) in [5.74, 6) is -0.0948. The first-order chi connectivity index (χ1) is 9.11. The van der Waals surface area contributed by atoms with Crippen LogP contribution in [0.2, 0.25) is 10.0 Å². The highest BCUT2D eigenvalue weighted by Crippen LogP contribution is 2.22. The minimum absolute atomic E-state index is 0.0152. The van der Waals surface area contributed by atoms with Crippen molar-refractivity contribution < 1.29 is 9.90 Å². The number of likely N-dealkylation sites (tertiary alicyclic amines) is 1. The first-order valence-electron chi connectivity index (χ1n) is 6.16. The first kappa shape index (κ1) is 14.4. The van der Waals surface area contributed by atoms with Crippen LogP contribution in [0.15, 0.2) is 24.3 Å². The van der Waals surface area contributed by atoms with Gasteiger partial charge in [-0.3, -0.25) is 4.79 Å². The van der Waals surface area contributed by atoms with Crippen LogP contribution in [0.3, 0.4) is 0 Å². The fourth-order valence-electron chi connectivity index (χ4n) is 2.21. The Morgan fingerprint density at radius 1 is 1.47 bits per heavy atom. The Bertz CT molecular complexity index is 502. The van der Waals surface area contributed by atoms with Crippen molar-refractivity contribution in [3.63, 3.8) is 0 Å². The number of hydrogen-bond acceptors (Lipinski definition) is 2. The van der Waals surface area contributed by atoms with Crippen LogP contribution in [0, 0.1) is 0 Å². The molecule has 3 nitrogen and oxygen atoms in total. The predicted molar refractivity (Wildman–Crippen MR) is 77.3 cm³/mol. The average Bonchev–Trinajstić information content (AvgIpc) is 2.85. The standard InChI is InChI=1S/C14H15Cl2NO2/c15-11-5-3-10(13(16)8-11)4-6-14(19)17-7-1-2-12(17)9-18/h3-6,8,12,18H,1-2,7,9H2/t12-/m0/s1. The second-order valence-electron chi connectivity index (χ2n) is 4.51. The van der Waals surface area contributed by atoms with Crippen LogP contribution in [0.4, 0.5) is 0 Å². The van der Waals surface area contributed by atoms with Crippen molar-refractivity contribution in [2.45, 2.75) is 18.9 Å². The molecule has 0 unspecified atom stereocenters. The summed E-state index contributed by atoms with van der Waals surface area (Å²) >= 11 is 11.8. The summed E-state index contributed by atoms with van der Waals surface area (Å²) in [5.41, 5.74) is 0.749. The molecule has 19 heavy (non-hydrogen) atoms. The van der Waals surface area contributed by atoms with Gasteiger partial charge in [-0.25, -0.2) is 0 Å². The van der Waals surface area contributed by atoms with E-state index in [4.69, 9.17) is 23.2 Å². The highest BCUT2D eigenvalue weighted by atomic mass is 35.5. The average molecular weight is 300 g/mol. The van der Waals surface area contributed by atoms with Crippen LogP contribution in [0.1, 0.15) is 18.4 Å². The molecule has 2 rings (SSSR count). The molecule has 1 aromatic carbocycles. The van der Waals surface area contributed by atoms with Crippen molar-refractivity contribution >= 4 is 35.2 Å². The molecule has 1 heterocycles. The predicted octanol–water partition coefficient (Wildman–Crippen LogP) is 2.99. The Morgan fingerprint density at radius 2 is 2.26 bits per heavy atom. The molecular weight excluding hydrogens is 285 g/mol. The van der Waals surface area contributed by atoms with Crippen molar-refractivity contribution in [2.24, 2.45) is 0 Å². The van der Waals surface area contributed by atoms with Crippen LogP contribution in [0.25, 0.3) is 6.08 Å².